The fraction of sp³-hybridized carbons (Fsp3) is 0.429. The van der Waals surface area contributed by atoms with E-state index in [1.54, 1.807) is 6.08 Å². The molecular weight excluding hydrogens is 168 g/mol. The van der Waals surface area contributed by atoms with Gasteiger partial charge >= 0.3 is 0 Å². The first-order valence-corrected chi connectivity index (χ1v) is 5.48. The zero-order valence-corrected chi connectivity index (χ0v) is 9.00. The molecule has 0 nitrogen and oxygen atoms in total. The molecular formula is C14H19. The van der Waals surface area contributed by atoms with Gasteiger partial charge in [-0.25, -0.2) is 0 Å². The standard InChI is InChI=1S/C14H19/c1-3-5-6-7-8-14-11-9-13(4-2)10-12-14/h1,3,9-12H,4-8H2,2H3. The number of allylic oxidation sites excluding steroid dienone is 1. The Kier molecular flexibility index (Phi) is 5.06. The predicted octanol–water partition coefficient (Wildman–Crippen LogP) is 3.95. The highest BCUT2D eigenvalue weighted by molar-refractivity contribution is 5.22. The molecule has 0 aliphatic carbocycles. The molecule has 0 heterocycles. The third-order valence-electron chi connectivity index (χ3n) is 2.52. The molecule has 1 aromatic rings. The highest BCUT2D eigenvalue weighted by atomic mass is 14.0. The second kappa shape index (κ2) is 6.42. The van der Waals surface area contributed by atoms with Gasteiger partial charge in [0, 0.05) is 0 Å². The number of rotatable bonds is 6. The Hall–Kier alpha value is -1.04. The van der Waals surface area contributed by atoms with E-state index in [-0.39, 0.29) is 0 Å². The predicted molar refractivity (Wildman–Crippen MR) is 62.2 cm³/mol. The molecule has 1 rings (SSSR count). The van der Waals surface area contributed by atoms with E-state index in [0.717, 1.165) is 12.8 Å². The average Bonchev–Trinajstić information content (AvgIpc) is 2.25. The number of unbranched alkanes of at least 4 members (excludes halogenated alkanes) is 2. The minimum Gasteiger partial charge on any atom is -0.0845 e. The number of hydrogen-bond donors (Lipinski definition) is 0. The molecule has 14 heavy (non-hydrogen) atoms. The largest absolute Gasteiger partial charge is 0.0845 e. The molecule has 0 aliphatic rings. The van der Waals surface area contributed by atoms with Crippen LogP contribution in [0.1, 0.15) is 37.3 Å². The van der Waals surface area contributed by atoms with Crippen molar-refractivity contribution in [3.8, 4) is 0 Å². The summed E-state index contributed by atoms with van der Waals surface area (Å²) >= 11 is 0. The van der Waals surface area contributed by atoms with Crippen LogP contribution in [0, 0.1) is 6.58 Å². The van der Waals surface area contributed by atoms with Crippen LogP contribution in [0.5, 0.6) is 0 Å². The van der Waals surface area contributed by atoms with Gasteiger partial charge in [-0.1, -0.05) is 43.8 Å². The average molecular weight is 187 g/mol. The lowest BCUT2D eigenvalue weighted by molar-refractivity contribution is 0.747. The quantitative estimate of drug-likeness (QED) is 0.591. The van der Waals surface area contributed by atoms with Gasteiger partial charge in [-0.15, -0.1) is 0 Å². The lowest BCUT2D eigenvalue weighted by atomic mass is 10.0. The maximum Gasteiger partial charge on any atom is -0.0279 e. The van der Waals surface area contributed by atoms with E-state index < -0.39 is 0 Å². The Morgan fingerprint density at radius 2 is 1.71 bits per heavy atom. The molecule has 0 aliphatic heterocycles. The van der Waals surface area contributed by atoms with Crippen molar-refractivity contribution < 1.29 is 0 Å². The van der Waals surface area contributed by atoms with Crippen LogP contribution in [0.2, 0.25) is 0 Å². The molecule has 0 bridgehead atoms. The van der Waals surface area contributed by atoms with Crippen LogP contribution in [-0.2, 0) is 12.8 Å². The summed E-state index contributed by atoms with van der Waals surface area (Å²) in [4.78, 5) is 0. The van der Waals surface area contributed by atoms with Gasteiger partial charge in [-0.2, -0.15) is 0 Å². The summed E-state index contributed by atoms with van der Waals surface area (Å²) in [7, 11) is 0. The van der Waals surface area contributed by atoms with Crippen molar-refractivity contribution in [2.45, 2.75) is 39.0 Å². The number of hydrogen-bond acceptors (Lipinski definition) is 0. The van der Waals surface area contributed by atoms with Gasteiger partial charge < -0.3 is 0 Å². The van der Waals surface area contributed by atoms with Crippen LogP contribution in [0.4, 0.5) is 0 Å². The first kappa shape index (κ1) is 11.0. The van der Waals surface area contributed by atoms with Gasteiger partial charge in [0.05, 0.1) is 0 Å². The third-order valence-corrected chi connectivity index (χ3v) is 2.52. The van der Waals surface area contributed by atoms with Crippen molar-refractivity contribution in [2.24, 2.45) is 0 Å². The SMILES string of the molecule is [CH]=CCCCCc1ccc(CC)cc1. The molecule has 1 aromatic carbocycles. The topological polar surface area (TPSA) is 0 Å². The number of aryl methyl sites for hydroxylation is 2. The van der Waals surface area contributed by atoms with Gasteiger partial charge in [0.25, 0.3) is 0 Å². The highest BCUT2D eigenvalue weighted by Crippen LogP contribution is 2.09. The summed E-state index contributed by atoms with van der Waals surface area (Å²) < 4.78 is 0. The maximum absolute atomic E-state index is 5.32. The molecule has 0 saturated carbocycles. The Morgan fingerprint density at radius 3 is 2.29 bits per heavy atom. The summed E-state index contributed by atoms with van der Waals surface area (Å²) in [5, 5.41) is 0. The number of benzene rings is 1. The van der Waals surface area contributed by atoms with Crippen LogP contribution < -0.4 is 0 Å². The Bertz CT molecular complexity index is 256. The zero-order chi connectivity index (χ0) is 10.2. The lowest BCUT2D eigenvalue weighted by Gasteiger charge is -2.01. The molecule has 0 aromatic heterocycles. The summed E-state index contributed by atoms with van der Waals surface area (Å²) in [5.74, 6) is 0. The van der Waals surface area contributed by atoms with E-state index >= 15 is 0 Å². The van der Waals surface area contributed by atoms with Gasteiger partial charge in [-0.3, -0.25) is 0 Å². The molecule has 1 radical (unpaired) electrons. The Balaban J connectivity index is 2.32. The second-order valence-corrected chi connectivity index (χ2v) is 3.65. The van der Waals surface area contributed by atoms with E-state index in [1.807, 2.05) is 0 Å². The highest BCUT2D eigenvalue weighted by Gasteiger charge is 1.93. The molecule has 75 valence electrons. The fourth-order valence-electron chi connectivity index (χ4n) is 1.53. The first-order valence-electron chi connectivity index (χ1n) is 5.48. The van der Waals surface area contributed by atoms with Crippen molar-refractivity contribution in [2.75, 3.05) is 0 Å². The van der Waals surface area contributed by atoms with Crippen molar-refractivity contribution in [3.05, 3.63) is 48.0 Å². The maximum atomic E-state index is 5.32. The van der Waals surface area contributed by atoms with E-state index in [4.69, 9.17) is 6.58 Å². The molecule has 0 saturated heterocycles. The second-order valence-electron chi connectivity index (χ2n) is 3.65. The summed E-state index contributed by atoms with van der Waals surface area (Å²) in [6.07, 6.45) is 7.53. The zero-order valence-electron chi connectivity index (χ0n) is 9.00. The fourth-order valence-corrected chi connectivity index (χ4v) is 1.53. The minimum atomic E-state index is 1.03. The Morgan fingerprint density at radius 1 is 1.07 bits per heavy atom. The molecule has 0 amide bonds. The van der Waals surface area contributed by atoms with Gasteiger partial charge in [0.1, 0.15) is 0 Å². The summed E-state index contributed by atoms with van der Waals surface area (Å²) in [6, 6.07) is 8.94. The Labute approximate surface area is 87.7 Å². The van der Waals surface area contributed by atoms with Crippen LogP contribution >= 0.6 is 0 Å². The third kappa shape index (κ3) is 3.78. The smallest absolute Gasteiger partial charge is 0.0279 e. The van der Waals surface area contributed by atoms with Gasteiger partial charge in [-0.05, 0) is 43.2 Å². The summed E-state index contributed by atoms with van der Waals surface area (Å²) in [5.41, 5.74) is 2.86. The monoisotopic (exact) mass is 187 g/mol. The first-order chi connectivity index (χ1) is 6.86. The minimum absolute atomic E-state index is 1.03. The van der Waals surface area contributed by atoms with Crippen LogP contribution in [0.3, 0.4) is 0 Å². The van der Waals surface area contributed by atoms with Gasteiger partial charge in [0.2, 0.25) is 0 Å². The van der Waals surface area contributed by atoms with Crippen LogP contribution in [0.25, 0.3) is 0 Å². The molecule has 0 atom stereocenters. The van der Waals surface area contributed by atoms with Gasteiger partial charge in [0.15, 0.2) is 0 Å². The molecule has 0 spiro atoms. The molecule has 0 unspecified atom stereocenters. The van der Waals surface area contributed by atoms with E-state index in [1.165, 1.54) is 30.4 Å². The lowest BCUT2D eigenvalue weighted by Crippen LogP contribution is -1.86. The summed E-state index contributed by atoms with van der Waals surface area (Å²) in [6.45, 7) is 7.51. The van der Waals surface area contributed by atoms with E-state index in [2.05, 4.69) is 31.2 Å². The van der Waals surface area contributed by atoms with Crippen LogP contribution in [0.15, 0.2) is 30.3 Å². The van der Waals surface area contributed by atoms with E-state index in [9.17, 15) is 0 Å². The van der Waals surface area contributed by atoms with E-state index in [0.29, 0.717) is 0 Å². The molecule has 0 N–H and O–H groups in total. The van der Waals surface area contributed by atoms with Crippen molar-refractivity contribution in [1.29, 1.82) is 0 Å². The van der Waals surface area contributed by atoms with Crippen LogP contribution in [-0.4, -0.2) is 0 Å². The van der Waals surface area contributed by atoms with Crippen molar-refractivity contribution >= 4 is 0 Å². The molecule has 0 heteroatoms. The normalized spacial score (nSPS) is 10.1. The van der Waals surface area contributed by atoms with Crippen molar-refractivity contribution in [1.82, 2.24) is 0 Å². The van der Waals surface area contributed by atoms with Crippen molar-refractivity contribution in [3.63, 3.8) is 0 Å². The molecule has 0 fully saturated rings.